The highest BCUT2D eigenvalue weighted by Crippen LogP contribution is 2.34. The largest absolute Gasteiger partial charge is 0.501 e. The molecule has 1 rings (SSSR count). The van der Waals surface area contributed by atoms with Crippen molar-refractivity contribution in [1.82, 2.24) is 0 Å². The molecule has 0 radical (unpaired) electrons. The number of hydrogen-bond acceptors (Lipinski definition) is 2. The van der Waals surface area contributed by atoms with Crippen LogP contribution in [0, 0.1) is 11.8 Å². The number of allylic oxidation sites excluding steroid dienone is 1. The van der Waals surface area contributed by atoms with Crippen LogP contribution in [-0.2, 0) is 9.53 Å². The molecule has 2 nitrogen and oxygen atoms in total. The summed E-state index contributed by atoms with van der Waals surface area (Å²) in [6.45, 7) is 4.83. The van der Waals surface area contributed by atoms with Crippen molar-refractivity contribution in [2.24, 2.45) is 11.8 Å². The van der Waals surface area contributed by atoms with Gasteiger partial charge in [0.25, 0.3) is 0 Å². The molecule has 2 heteroatoms. The lowest BCUT2D eigenvalue weighted by atomic mass is 9.77. The smallest absolute Gasteiger partial charge is 0.149 e. The lowest BCUT2D eigenvalue weighted by molar-refractivity contribution is -0.105. The van der Waals surface area contributed by atoms with E-state index in [1.165, 1.54) is 25.7 Å². The van der Waals surface area contributed by atoms with E-state index in [0.717, 1.165) is 30.6 Å². The highest BCUT2D eigenvalue weighted by molar-refractivity contribution is 5.73. The van der Waals surface area contributed by atoms with E-state index in [-0.39, 0.29) is 0 Å². The van der Waals surface area contributed by atoms with Gasteiger partial charge in [0.1, 0.15) is 6.29 Å². The van der Waals surface area contributed by atoms with Gasteiger partial charge in [0.05, 0.1) is 12.9 Å². The minimum Gasteiger partial charge on any atom is -0.501 e. The van der Waals surface area contributed by atoms with E-state index in [4.69, 9.17) is 4.74 Å². The molecule has 1 aliphatic rings. The van der Waals surface area contributed by atoms with E-state index >= 15 is 0 Å². The minimum absolute atomic E-state index is 0.442. The van der Waals surface area contributed by atoms with E-state index < -0.39 is 0 Å². The summed E-state index contributed by atoms with van der Waals surface area (Å²) in [5.74, 6) is 1.33. The van der Waals surface area contributed by atoms with Gasteiger partial charge in [0, 0.05) is 5.57 Å². The van der Waals surface area contributed by atoms with E-state index in [9.17, 15) is 4.79 Å². The fourth-order valence-electron chi connectivity index (χ4n) is 2.59. The number of carbonyl (C=O) groups excluding carboxylic acids is 1. The van der Waals surface area contributed by atoms with E-state index in [0.29, 0.717) is 12.5 Å². The fraction of sp³-hybridized carbons (Fsp3) is 0.786. The van der Waals surface area contributed by atoms with Gasteiger partial charge in [0.15, 0.2) is 0 Å². The van der Waals surface area contributed by atoms with Gasteiger partial charge in [-0.15, -0.1) is 0 Å². The van der Waals surface area contributed by atoms with Crippen LogP contribution in [0.4, 0.5) is 0 Å². The predicted molar refractivity (Wildman–Crippen MR) is 66.1 cm³/mol. The van der Waals surface area contributed by atoms with Crippen molar-refractivity contribution in [2.45, 2.75) is 52.4 Å². The molecule has 0 saturated heterocycles. The Morgan fingerprint density at radius 2 is 1.94 bits per heavy atom. The van der Waals surface area contributed by atoms with Crippen molar-refractivity contribution >= 4 is 6.29 Å². The molecule has 0 unspecified atom stereocenters. The molecule has 0 atom stereocenters. The number of aldehydes is 1. The number of rotatable bonds is 6. The highest BCUT2D eigenvalue weighted by Gasteiger charge is 2.23. The van der Waals surface area contributed by atoms with Crippen LogP contribution in [0.15, 0.2) is 11.8 Å². The van der Waals surface area contributed by atoms with Gasteiger partial charge in [-0.25, -0.2) is 0 Å². The molecule has 0 N–H and O–H groups in total. The molecule has 1 aliphatic carbocycles. The third-order valence-electron chi connectivity index (χ3n) is 3.54. The second-order valence-corrected chi connectivity index (χ2v) is 4.70. The fourth-order valence-corrected chi connectivity index (χ4v) is 2.59. The summed E-state index contributed by atoms with van der Waals surface area (Å²) >= 11 is 0. The summed E-state index contributed by atoms with van der Waals surface area (Å²) in [7, 11) is 0. The third-order valence-corrected chi connectivity index (χ3v) is 3.54. The first-order valence-corrected chi connectivity index (χ1v) is 6.58. The van der Waals surface area contributed by atoms with Gasteiger partial charge in [0.2, 0.25) is 0 Å². The Morgan fingerprint density at radius 3 is 2.44 bits per heavy atom. The summed E-state index contributed by atoms with van der Waals surface area (Å²) in [5, 5.41) is 0. The minimum atomic E-state index is 0.442. The second-order valence-electron chi connectivity index (χ2n) is 4.70. The lowest BCUT2D eigenvalue weighted by Gasteiger charge is -2.28. The van der Waals surface area contributed by atoms with Gasteiger partial charge in [-0.1, -0.05) is 19.8 Å². The molecule has 1 fully saturated rings. The summed E-state index contributed by atoms with van der Waals surface area (Å²) in [6, 6.07) is 0. The second kappa shape index (κ2) is 7.48. The molecule has 0 aromatic rings. The summed E-state index contributed by atoms with van der Waals surface area (Å²) in [4.78, 5) is 11.0. The summed E-state index contributed by atoms with van der Waals surface area (Å²) in [5.41, 5.74) is 0.858. The van der Waals surface area contributed by atoms with Crippen molar-refractivity contribution in [2.75, 3.05) is 6.61 Å². The topological polar surface area (TPSA) is 26.3 Å². The first-order chi connectivity index (χ1) is 7.81. The normalized spacial score (nSPS) is 26.5. The molecule has 0 heterocycles. The Morgan fingerprint density at radius 1 is 1.25 bits per heavy atom. The molecule has 1 saturated carbocycles. The highest BCUT2D eigenvalue weighted by atomic mass is 16.5. The standard InChI is InChI=1S/C14H24O2/c1-3-5-12-6-8-13(9-7-12)14(10-15)11-16-4-2/h10-13H,3-9H2,1-2H3/t12-,13-. The van der Waals surface area contributed by atoms with Crippen LogP contribution in [0.1, 0.15) is 52.4 Å². The van der Waals surface area contributed by atoms with Crippen molar-refractivity contribution < 1.29 is 9.53 Å². The van der Waals surface area contributed by atoms with Gasteiger partial charge < -0.3 is 4.74 Å². The zero-order chi connectivity index (χ0) is 11.8. The van der Waals surface area contributed by atoms with Crippen LogP contribution in [0.25, 0.3) is 0 Å². The molecule has 0 bridgehead atoms. The van der Waals surface area contributed by atoms with Crippen molar-refractivity contribution in [1.29, 1.82) is 0 Å². The molecule has 16 heavy (non-hydrogen) atoms. The average Bonchev–Trinajstić information content (AvgIpc) is 2.32. The van der Waals surface area contributed by atoms with Gasteiger partial charge >= 0.3 is 0 Å². The maximum Gasteiger partial charge on any atom is 0.149 e. The first-order valence-electron chi connectivity index (χ1n) is 6.58. The number of hydrogen-bond donors (Lipinski definition) is 0. The zero-order valence-electron chi connectivity index (χ0n) is 10.6. The van der Waals surface area contributed by atoms with Crippen molar-refractivity contribution in [3.8, 4) is 0 Å². The Labute approximate surface area is 99.1 Å². The maximum atomic E-state index is 11.0. The molecule has 0 aliphatic heterocycles. The average molecular weight is 224 g/mol. The molecule has 0 aromatic heterocycles. The van der Waals surface area contributed by atoms with Crippen LogP contribution in [0.2, 0.25) is 0 Å². The van der Waals surface area contributed by atoms with Crippen LogP contribution in [0.5, 0.6) is 0 Å². The van der Waals surface area contributed by atoms with E-state index in [2.05, 4.69) is 6.92 Å². The Balaban J connectivity index is 2.41. The molecule has 0 amide bonds. The Kier molecular flexibility index (Phi) is 6.20. The molecule has 0 spiro atoms. The monoisotopic (exact) mass is 224 g/mol. The quantitative estimate of drug-likeness (QED) is 0.390. The molecule has 92 valence electrons. The molecular weight excluding hydrogens is 200 g/mol. The Hall–Kier alpha value is -0.790. The lowest BCUT2D eigenvalue weighted by Crippen LogP contribution is -2.17. The van der Waals surface area contributed by atoms with Gasteiger partial charge in [-0.05, 0) is 44.4 Å². The van der Waals surface area contributed by atoms with E-state index in [1.807, 2.05) is 6.92 Å². The zero-order valence-corrected chi connectivity index (χ0v) is 10.6. The van der Waals surface area contributed by atoms with Gasteiger partial charge in [-0.2, -0.15) is 0 Å². The van der Waals surface area contributed by atoms with Crippen molar-refractivity contribution in [3.63, 3.8) is 0 Å². The number of ether oxygens (including phenoxy) is 1. The third kappa shape index (κ3) is 3.99. The summed E-state index contributed by atoms with van der Waals surface area (Å²) < 4.78 is 5.22. The van der Waals surface area contributed by atoms with Crippen LogP contribution >= 0.6 is 0 Å². The Bertz CT molecular complexity index is 225. The van der Waals surface area contributed by atoms with Gasteiger partial charge in [-0.3, -0.25) is 4.79 Å². The van der Waals surface area contributed by atoms with Crippen LogP contribution in [0.3, 0.4) is 0 Å². The van der Waals surface area contributed by atoms with Crippen molar-refractivity contribution in [3.05, 3.63) is 11.8 Å². The first kappa shape index (κ1) is 13.3. The SMILES string of the molecule is CCC[C@H]1CC[C@H](C(C=O)=COCC)CC1. The summed E-state index contributed by atoms with van der Waals surface area (Å²) in [6.07, 6.45) is 10.1. The molecular formula is C14H24O2. The maximum absolute atomic E-state index is 11.0. The van der Waals surface area contributed by atoms with E-state index in [1.54, 1.807) is 6.26 Å². The van der Waals surface area contributed by atoms with Crippen LogP contribution < -0.4 is 0 Å². The molecule has 0 aromatic carbocycles. The van der Waals surface area contributed by atoms with Crippen LogP contribution in [-0.4, -0.2) is 12.9 Å². The number of carbonyl (C=O) groups is 1. The predicted octanol–water partition coefficient (Wildman–Crippen LogP) is 3.71.